The van der Waals surface area contributed by atoms with Gasteiger partial charge >= 0.3 is 21.1 Å². The van der Waals surface area contributed by atoms with Gasteiger partial charge in [0.25, 0.3) is 0 Å². The number of pyridine rings is 2. The molecule has 2 heterocycles. The van der Waals surface area contributed by atoms with Gasteiger partial charge in [-0.1, -0.05) is 41.8 Å². The Balaban J connectivity index is 0.000000280. The molecular weight excluding hydrogens is 736 g/mol. The normalized spacial score (nSPS) is 9.85. The third-order valence-corrected chi connectivity index (χ3v) is 6.42. The van der Waals surface area contributed by atoms with Crippen LogP contribution in [0.2, 0.25) is 0 Å². The van der Waals surface area contributed by atoms with Crippen LogP contribution in [-0.2, 0) is 26.8 Å². The number of thiol groups is 1. The molecule has 0 fully saturated rings. The molecule has 0 amide bonds. The molecule has 0 aliphatic rings. The topological polar surface area (TPSA) is 62.7 Å². The van der Waals surface area contributed by atoms with Crippen molar-refractivity contribution in [3.63, 3.8) is 0 Å². The summed E-state index contributed by atoms with van der Waals surface area (Å²) in [6, 6.07) is 21.4. The van der Waals surface area contributed by atoms with Gasteiger partial charge < -0.3 is 28.9 Å². The average molecular weight is 768 g/mol. The zero-order chi connectivity index (χ0) is 28.7. The molecule has 0 N–H and O–H groups in total. The Labute approximate surface area is 267 Å². The number of nitrogens with zero attached hydrogens (tertiary/aromatic N) is 2. The first-order chi connectivity index (χ1) is 19.6. The average Bonchev–Trinajstić information content (AvgIpc) is 2.98. The number of ether oxygens (including phenoxy) is 4. The van der Waals surface area contributed by atoms with Crippen LogP contribution in [0.15, 0.2) is 65.8 Å². The molecule has 0 saturated heterocycles. The smallest absolute Gasteiger partial charge is 0.537 e. The summed E-state index contributed by atoms with van der Waals surface area (Å²) in [4.78, 5) is 9.90. The van der Waals surface area contributed by atoms with Crippen molar-refractivity contribution in [2.24, 2.45) is 0 Å². The van der Waals surface area contributed by atoms with Crippen LogP contribution in [0.4, 0.5) is 0 Å². The maximum Gasteiger partial charge on any atom is 2.00 e. The summed E-state index contributed by atoms with van der Waals surface area (Å²) in [6.45, 7) is 7.61. The molecule has 0 radical (unpaired) electrons. The molecule has 9 heteroatoms. The van der Waals surface area contributed by atoms with Crippen LogP contribution in [0.3, 0.4) is 0 Å². The van der Waals surface area contributed by atoms with E-state index in [9.17, 15) is 0 Å². The molecule has 0 aliphatic heterocycles. The van der Waals surface area contributed by atoms with Gasteiger partial charge in [-0.3, -0.25) is 0 Å². The van der Waals surface area contributed by atoms with Crippen LogP contribution in [0.1, 0.15) is 26.3 Å². The van der Waals surface area contributed by atoms with Crippen molar-refractivity contribution < 1.29 is 40.0 Å². The zero-order valence-electron chi connectivity index (χ0n) is 23.4. The molecule has 0 saturated carbocycles. The van der Waals surface area contributed by atoms with Crippen LogP contribution in [0.25, 0.3) is 22.5 Å². The summed E-state index contributed by atoms with van der Waals surface area (Å²) in [5.74, 6) is 3.32. The van der Waals surface area contributed by atoms with Crippen LogP contribution < -0.4 is 18.9 Å². The van der Waals surface area contributed by atoms with Crippen molar-refractivity contribution >= 4 is 24.4 Å². The molecule has 4 rings (SSSR count). The molecule has 216 valence electrons. The predicted molar refractivity (Wildman–Crippen MR) is 164 cm³/mol. The molecule has 0 spiro atoms. The fraction of sp³-hybridized carbons (Fsp3) is 0.250. The first-order valence-electron chi connectivity index (χ1n) is 12.8. The predicted octanol–water partition coefficient (Wildman–Crippen LogP) is 7.41. The van der Waals surface area contributed by atoms with E-state index in [1.807, 2.05) is 63.4 Å². The van der Waals surface area contributed by atoms with E-state index in [-0.39, 0.29) is 21.1 Å². The monoisotopic (exact) mass is 767 g/mol. The Morgan fingerprint density at radius 3 is 1.95 bits per heavy atom. The van der Waals surface area contributed by atoms with E-state index in [0.29, 0.717) is 42.6 Å². The van der Waals surface area contributed by atoms with Crippen molar-refractivity contribution in [2.45, 2.75) is 31.4 Å². The number of thioether (sulfide) groups is 1. The first kappa shape index (κ1) is 34.1. The third-order valence-electron chi connectivity index (χ3n) is 5.33. The van der Waals surface area contributed by atoms with Gasteiger partial charge in [0.1, 0.15) is 6.11 Å². The molecular formula is C32H32N2O4PtS2. The first-order valence-corrected chi connectivity index (χ1v) is 14.6. The summed E-state index contributed by atoms with van der Waals surface area (Å²) < 4.78 is 21.8. The number of hydrogen-bond donors (Lipinski definition) is 1. The van der Waals surface area contributed by atoms with Gasteiger partial charge in [0.15, 0.2) is 0 Å². The van der Waals surface area contributed by atoms with Gasteiger partial charge in [-0.25, -0.2) is 0 Å². The number of hydrogen-bond acceptors (Lipinski definition) is 8. The van der Waals surface area contributed by atoms with E-state index in [1.54, 1.807) is 36.3 Å². The molecule has 0 bridgehead atoms. The zero-order valence-corrected chi connectivity index (χ0v) is 27.4. The SMILES string of the molecule is C#COc1cc(OCC)c[c-]c1-c1cc(CS)ccn1.CCOc1c[c-]c(-c2cc(SC)ccn2)c(OCC)c1.[Pt+2]. The summed E-state index contributed by atoms with van der Waals surface area (Å²) in [6.07, 6.45) is 13.0. The quantitative estimate of drug-likeness (QED) is 0.0739. The van der Waals surface area contributed by atoms with Gasteiger partial charge in [-0.15, -0.1) is 36.0 Å². The Kier molecular flexibility index (Phi) is 15.3. The van der Waals surface area contributed by atoms with Crippen molar-refractivity contribution in [3.05, 3.63) is 78.6 Å². The summed E-state index contributed by atoms with van der Waals surface area (Å²) in [5.41, 5.74) is 4.24. The Morgan fingerprint density at radius 1 is 0.829 bits per heavy atom. The van der Waals surface area contributed by atoms with Gasteiger partial charge in [0, 0.05) is 40.3 Å². The summed E-state index contributed by atoms with van der Waals surface area (Å²) in [7, 11) is 0. The van der Waals surface area contributed by atoms with Gasteiger partial charge in [-0.05, 0) is 56.1 Å². The molecule has 2 aromatic carbocycles. The Morgan fingerprint density at radius 2 is 1.39 bits per heavy atom. The maximum absolute atomic E-state index is 5.69. The summed E-state index contributed by atoms with van der Waals surface area (Å²) in [5, 5.41) is 0. The second kappa shape index (κ2) is 18.3. The minimum atomic E-state index is 0. The molecule has 0 unspecified atom stereocenters. The molecule has 2 aromatic heterocycles. The van der Waals surface area contributed by atoms with E-state index >= 15 is 0 Å². The number of aromatic nitrogens is 2. The van der Waals surface area contributed by atoms with Crippen LogP contribution in [0.5, 0.6) is 23.0 Å². The second-order valence-electron chi connectivity index (χ2n) is 7.96. The van der Waals surface area contributed by atoms with Gasteiger partial charge in [0.2, 0.25) is 0 Å². The Hall–Kier alpha value is -3.11. The molecule has 41 heavy (non-hydrogen) atoms. The van der Waals surface area contributed by atoms with E-state index in [1.165, 1.54) is 4.90 Å². The van der Waals surface area contributed by atoms with Crippen molar-refractivity contribution in [1.82, 2.24) is 9.97 Å². The largest absolute Gasteiger partial charge is 2.00 e. The van der Waals surface area contributed by atoms with Crippen molar-refractivity contribution in [3.8, 4) is 58.0 Å². The van der Waals surface area contributed by atoms with Gasteiger partial charge in [-0.2, -0.15) is 12.6 Å². The number of terminal acetylenes is 1. The standard InChI is InChI=1S/C16H18NO2S.C16H14NO2S.Pt/c1-4-18-12-6-7-14(16(10-12)19-5-2)15-11-13(20-3)8-9-17-15;1-3-18-13-5-6-14(16(10-13)19-4-2)15-9-12(11-20)7-8-17-15;/h6,8-11H,4-5H2,1-3H3;2,5,7-10,20H,3,11H2,1H3;/q2*-1;+2. The minimum Gasteiger partial charge on any atom is -0.537 e. The molecule has 0 atom stereocenters. The van der Waals surface area contributed by atoms with Crippen molar-refractivity contribution in [2.75, 3.05) is 26.1 Å². The fourth-order valence-electron chi connectivity index (χ4n) is 3.61. The van der Waals surface area contributed by atoms with E-state index in [2.05, 4.69) is 40.8 Å². The van der Waals surface area contributed by atoms with Crippen LogP contribution >= 0.6 is 24.4 Å². The minimum absolute atomic E-state index is 0. The van der Waals surface area contributed by atoms with E-state index in [4.69, 9.17) is 25.4 Å². The molecule has 0 aliphatic carbocycles. The third kappa shape index (κ3) is 10.0. The number of rotatable bonds is 11. The second-order valence-corrected chi connectivity index (χ2v) is 9.15. The van der Waals surface area contributed by atoms with Crippen molar-refractivity contribution in [1.29, 1.82) is 0 Å². The van der Waals surface area contributed by atoms with E-state index in [0.717, 1.165) is 34.0 Å². The summed E-state index contributed by atoms with van der Waals surface area (Å²) >= 11 is 5.95. The van der Waals surface area contributed by atoms with Crippen LogP contribution in [0, 0.1) is 24.7 Å². The molecule has 6 nitrogen and oxygen atoms in total. The van der Waals surface area contributed by atoms with Crippen LogP contribution in [-0.4, -0.2) is 36.0 Å². The molecule has 4 aromatic rings. The maximum atomic E-state index is 5.69. The fourth-order valence-corrected chi connectivity index (χ4v) is 4.24. The van der Waals surface area contributed by atoms with Gasteiger partial charge in [0.05, 0.1) is 25.6 Å². The number of benzene rings is 2. The Bertz CT molecular complexity index is 1430. The van der Waals surface area contributed by atoms with E-state index < -0.39 is 0 Å².